The molecule has 0 bridgehead atoms. The van der Waals surface area contributed by atoms with Crippen LogP contribution in [-0.4, -0.2) is 0 Å². The van der Waals surface area contributed by atoms with Crippen molar-refractivity contribution in [2.45, 2.75) is 19.3 Å². The number of hydrogen-bond acceptors (Lipinski definition) is 0. The van der Waals surface area contributed by atoms with Crippen LogP contribution in [-0.2, 0) is 26.2 Å². The minimum atomic E-state index is 0. The van der Waals surface area contributed by atoms with Crippen molar-refractivity contribution < 1.29 is 51.0 Å². The smallest absolute Gasteiger partial charge is 1.00 e. The normalized spacial score (nSPS) is 15.7. The Kier molecular flexibility index (Phi) is 10.2. The second-order valence-corrected chi connectivity index (χ2v) is 3.16. The summed E-state index contributed by atoms with van der Waals surface area (Å²) < 4.78 is 0. The maximum Gasteiger partial charge on any atom is 3.00 e. The Morgan fingerprint density at radius 1 is 1.20 bits per heavy atom. The van der Waals surface area contributed by atoms with Gasteiger partial charge in [-0.3, -0.25) is 0 Å². The molecule has 2 rings (SSSR count). The average Bonchev–Trinajstić information content (AvgIpc) is 2.50. The zero-order chi connectivity index (χ0) is 8.39. The van der Waals surface area contributed by atoms with Crippen LogP contribution in [0.3, 0.4) is 0 Å². The summed E-state index contributed by atoms with van der Waals surface area (Å²) in [6, 6.07) is 8.60. The van der Waals surface area contributed by atoms with Gasteiger partial charge < -0.3 is 31.2 Å². The van der Waals surface area contributed by atoms with Gasteiger partial charge in [0.25, 0.3) is 0 Å². The van der Waals surface area contributed by atoms with Gasteiger partial charge >= 0.3 is 26.2 Å². The van der Waals surface area contributed by atoms with Crippen LogP contribution in [0.5, 0.6) is 0 Å². The molecule has 0 saturated heterocycles. The largest absolute Gasteiger partial charge is 3.00 e. The van der Waals surface area contributed by atoms with Crippen molar-refractivity contribution in [3.8, 4) is 0 Å². The first kappa shape index (κ1) is 17.8. The van der Waals surface area contributed by atoms with Crippen molar-refractivity contribution in [1.29, 1.82) is 0 Å². The molecule has 15 heavy (non-hydrogen) atoms. The molecule has 0 fully saturated rings. The number of allylic oxidation sites excluding steroid dienone is 1. The second-order valence-electron chi connectivity index (χ2n) is 3.16. The molecule has 3 heteroatoms. The summed E-state index contributed by atoms with van der Waals surface area (Å²) in [5.74, 6) is 0.561. The summed E-state index contributed by atoms with van der Waals surface area (Å²) in [5.41, 5.74) is 2.84. The Labute approximate surface area is 123 Å². The molecule has 1 aromatic rings. The predicted octanol–water partition coefficient (Wildman–Crippen LogP) is -2.58. The third-order valence-corrected chi connectivity index (χ3v) is 2.33. The van der Waals surface area contributed by atoms with Gasteiger partial charge in [0.2, 0.25) is 0 Å². The summed E-state index contributed by atoms with van der Waals surface area (Å²) in [6.45, 7) is 2.19. The van der Waals surface area contributed by atoms with Gasteiger partial charge in [-0.05, 0) is 5.56 Å². The Morgan fingerprint density at radius 2 is 1.87 bits per heavy atom. The van der Waals surface area contributed by atoms with E-state index < -0.39 is 0 Å². The van der Waals surface area contributed by atoms with Gasteiger partial charge in [0.1, 0.15) is 0 Å². The van der Waals surface area contributed by atoms with Crippen LogP contribution in [0.4, 0.5) is 0 Å². The molecule has 0 aliphatic heterocycles. The van der Waals surface area contributed by atoms with Crippen LogP contribution in [0.15, 0.2) is 30.3 Å². The fourth-order valence-corrected chi connectivity index (χ4v) is 1.74. The molecule has 79 valence electrons. The third-order valence-electron chi connectivity index (χ3n) is 2.33. The van der Waals surface area contributed by atoms with Crippen LogP contribution >= 0.6 is 0 Å². The Hall–Kier alpha value is 0.423. The van der Waals surface area contributed by atoms with E-state index in [9.17, 15) is 0 Å². The molecule has 1 aromatic carbocycles. The van der Waals surface area contributed by atoms with Gasteiger partial charge in [0.05, 0.1) is 0 Å². The summed E-state index contributed by atoms with van der Waals surface area (Å²) in [5, 5.41) is 0. The van der Waals surface area contributed by atoms with Gasteiger partial charge in [0, 0.05) is 0 Å². The van der Waals surface area contributed by atoms with E-state index in [0.717, 1.165) is 6.42 Å². The molecular formula is C12H13Cl2Zr. The van der Waals surface area contributed by atoms with Crippen molar-refractivity contribution in [1.82, 2.24) is 0 Å². The summed E-state index contributed by atoms with van der Waals surface area (Å²) in [7, 11) is 0. The van der Waals surface area contributed by atoms with Crippen molar-refractivity contribution in [2.24, 2.45) is 0 Å². The fraction of sp³-hybridized carbons (Fsp3) is 0.250. The molecule has 1 atom stereocenters. The van der Waals surface area contributed by atoms with Crippen molar-refractivity contribution in [3.63, 3.8) is 0 Å². The number of halogens is 2. The first-order valence-electron chi connectivity index (χ1n) is 4.52. The molecule has 0 aromatic heterocycles. The second kappa shape index (κ2) is 8.56. The van der Waals surface area contributed by atoms with Crippen LogP contribution in [0.1, 0.15) is 30.4 Å². The van der Waals surface area contributed by atoms with Gasteiger partial charge in [-0.2, -0.15) is 6.42 Å². The monoisotopic (exact) mass is 317 g/mol. The standard InChI is InChI=1S/C12H13.2ClH.Zr/c1-2-5-10-8-9-11-6-3-4-7-12(10)11;;;/h3-10H,2H2,1H3;2*1H;/q-1;;;+3/p-2. The minimum absolute atomic E-state index is 0. The van der Waals surface area contributed by atoms with Gasteiger partial charge in [-0.1, -0.05) is 42.8 Å². The zero-order valence-corrected chi connectivity index (χ0v) is 12.6. The molecular weight excluding hydrogens is 306 g/mol. The zero-order valence-electron chi connectivity index (χ0n) is 8.58. The molecule has 1 unspecified atom stereocenters. The fourth-order valence-electron chi connectivity index (χ4n) is 1.74. The van der Waals surface area contributed by atoms with Gasteiger partial charge in [-0.25, -0.2) is 0 Å². The Morgan fingerprint density at radius 3 is 2.53 bits per heavy atom. The predicted molar refractivity (Wildman–Crippen MR) is 52.8 cm³/mol. The number of rotatable bonds is 2. The summed E-state index contributed by atoms with van der Waals surface area (Å²) in [6.07, 6.45) is 7.98. The first-order chi connectivity index (χ1) is 5.92. The molecule has 0 saturated carbocycles. The molecule has 1 aliphatic rings. The van der Waals surface area contributed by atoms with Crippen LogP contribution < -0.4 is 24.8 Å². The maximum absolute atomic E-state index is 2.35. The molecule has 0 N–H and O–H groups in total. The van der Waals surface area contributed by atoms with Crippen molar-refractivity contribution >= 4 is 6.08 Å². The van der Waals surface area contributed by atoms with Gasteiger partial charge in [-0.15, -0.1) is 12.0 Å². The minimum Gasteiger partial charge on any atom is -1.00 e. The van der Waals surface area contributed by atoms with Crippen LogP contribution in [0.25, 0.3) is 6.08 Å². The number of fused-ring (bicyclic) bond motifs is 1. The number of hydrogen-bond donors (Lipinski definition) is 0. The molecule has 0 heterocycles. The molecule has 0 nitrogen and oxygen atoms in total. The van der Waals surface area contributed by atoms with Gasteiger partial charge in [0.15, 0.2) is 0 Å². The first-order valence-corrected chi connectivity index (χ1v) is 4.52. The number of benzene rings is 1. The molecule has 1 radical (unpaired) electrons. The maximum atomic E-state index is 2.35. The SMILES string of the molecule is CC[CH-]C1C=Cc2ccccc21.[Cl-].[Cl-].[Zr+3]. The van der Waals surface area contributed by atoms with E-state index in [2.05, 4.69) is 49.8 Å². The summed E-state index contributed by atoms with van der Waals surface area (Å²) >= 11 is 0. The third kappa shape index (κ3) is 4.06. The van der Waals surface area contributed by atoms with E-state index in [-0.39, 0.29) is 51.0 Å². The van der Waals surface area contributed by atoms with Crippen LogP contribution in [0, 0.1) is 6.42 Å². The summed E-state index contributed by atoms with van der Waals surface area (Å²) in [4.78, 5) is 0. The van der Waals surface area contributed by atoms with E-state index in [1.165, 1.54) is 11.1 Å². The Bertz CT molecular complexity index is 310. The van der Waals surface area contributed by atoms with Crippen LogP contribution in [0.2, 0.25) is 0 Å². The van der Waals surface area contributed by atoms with E-state index in [1.807, 2.05) is 0 Å². The van der Waals surface area contributed by atoms with Crippen molar-refractivity contribution in [2.75, 3.05) is 0 Å². The van der Waals surface area contributed by atoms with E-state index in [4.69, 9.17) is 0 Å². The molecule has 1 aliphatic carbocycles. The quantitative estimate of drug-likeness (QED) is 0.525. The van der Waals surface area contributed by atoms with E-state index in [1.54, 1.807) is 0 Å². The van der Waals surface area contributed by atoms with E-state index >= 15 is 0 Å². The molecule has 0 spiro atoms. The van der Waals surface area contributed by atoms with Crippen molar-refractivity contribution in [3.05, 3.63) is 47.9 Å². The molecule has 0 amide bonds. The van der Waals surface area contributed by atoms with E-state index in [0.29, 0.717) is 5.92 Å². The topological polar surface area (TPSA) is 0 Å². The Balaban J connectivity index is 0. The average molecular weight is 319 g/mol.